The molecule has 6 heteroatoms. The summed E-state index contributed by atoms with van der Waals surface area (Å²) in [5.41, 5.74) is 1.91. The van der Waals surface area contributed by atoms with E-state index in [0.717, 1.165) is 25.1 Å². The highest BCUT2D eigenvalue weighted by Gasteiger charge is 2.28. The van der Waals surface area contributed by atoms with Gasteiger partial charge in [-0.1, -0.05) is 40.7 Å². The lowest BCUT2D eigenvalue weighted by atomic mass is 9.85. The van der Waals surface area contributed by atoms with Crippen LogP contribution in [0.2, 0.25) is 0 Å². The van der Waals surface area contributed by atoms with Gasteiger partial charge in [-0.15, -0.1) is 0 Å². The van der Waals surface area contributed by atoms with Crippen LogP contribution in [0.5, 0.6) is 0 Å². The molecule has 6 nitrogen and oxygen atoms in total. The summed E-state index contributed by atoms with van der Waals surface area (Å²) in [7, 11) is 0. The Hall–Kier alpha value is -2.37. The van der Waals surface area contributed by atoms with E-state index in [1.165, 1.54) is 6.92 Å². The molecule has 1 aliphatic rings. The molecule has 1 aromatic carbocycles. The molecule has 2 rings (SSSR count). The summed E-state index contributed by atoms with van der Waals surface area (Å²) in [6, 6.07) is 5.61. The van der Waals surface area contributed by atoms with E-state index >= 15 is 0 Å². The molecule has 1 saturated heterocycles. The average molecular weight is 388 g/mol. The van der Waals surface area contributed by atoms with Crippen LogP contribution in [0.25, 0.3) is 0 Å². The molecule has 1 heterocycles. The number of piperidine rings is 1. The van der Waals surface area contributed by atoms with Crippen LogP contribution >= 0.6 is 0 Å². The predicted molar refractivity (Wildman–Crippen MR) is 111 cm³/mol. The van der Waals surface area contributed by atoms with Gasteiger partial charge in [0.2, 0.25) is 11.8 Å². The Morgan fingerprint density at radius 1 is 1.11 bits per heavy atom. The van der Waals surface area contributed by atoms with Crippen molar-refractivity contribution in [1.82, 2.24) is 10.2 Å². The largest absolute Gasteiger partial charge is 0.347 e. The summed E-state index contributed by atoms with van der Waals surface area (Å²) in [5.74, 6) is 0.228. The lowest BCUT2D eigenvalue weighted by Crippen LogP contribution is -2.43. The molecule has 1 fully saturated rings. The highest BCUT2D eigenvalue weighted by molar-refractivity contribution is 6.04. The van der Waals surface area contributed by atoms with Gasteiger partial charge in [0.05, 0.1) is 17.8 Å². The highest BCUT2D eigenvalue weighted by atomic mass is 16.2. The van der Waals surface area contributed by atoms with Crippen LogP contribution in [0, 0.1) is 11.8 Å². The molecule has 3 amide bonds. The van der Waals surface area contributed by atoms with Crippen molar-refractivity contribution in [3.8, 4) is 0 Å². The van der Waals surface area contributed by atoms with Gasteiger partial charge >= 0.3 is 0 Å². The van der Waals surface area contributed by atoms with E-state index in [1.807, 2.05) is 17.0 Å². The van der Waals surface area contributed by atoms with E-state index in [2.05, 4.69) is 45.3 Å². The maximum absolute atomic E-state index is 13.3. The minimum absolute atomic E-state index is 0.0562. The second-order valence-electron chi connectivity index (χ2n) is 9.12. The Bertz CT molecular complexity index is 742. The zero-order valence-electron chi connectivity index (χ0n) is 17.9. The van der Waals surface area contributed by atoms with Crippen LogP contribution in [0.15, 0.2) is 18.2 Å². The Kier molecular flexibility index (Phi) is 6.86. The lowest BCUT2D eigenvalue weighted by molar-refractivity contribution is -0.122. The molecule has 0 spiro atoms. The van der Waals surface area contributed by atoms with E-state index in [-0.39, 0.29) is 29.7 Å². The molecule has 28 heavy (non-hydrogen) atoms. The molecule has 1 aromatic rings. The Morgan fingerprint density at radius 3 is 2.25 bits per heavy atom. The predicted octanol–water partition coefficient (Wildman–Crippen LogP) is 3.18. The third kappa shape index (κ3) is 5.81. The van der Waals surface area contributed by atoms with Crippen LogP contribution in [0.1, 0.15) is 63.9 Å². The number of rotatable bonds is 4. The minimum atomic E-state index is -0.354. The molecule has 1 aliphatic heterocycles. The van der Waals surface area contributed by atoms with Gasteiger partial charge in [-0.25, -0.2) is 0 Å². The quantitative estimate of drug-likeness (QED) is 0.833. The molecule has 0 aliphatic carbocycles. The maximum atomic E-state index is 13.3. The second-order valence-corrected chi connectivity index (χ2v) is 9.12. The Balaban J connectivity index is 2.33. The first-order chi connectivity index (χ1) is 13.0. The minimum Gasteiger partial charge on any atom is -0.347 e. The van der Waals surface area contributed by atoms with Crippen LogP contribution in [-0.4, -0.2) is 42.3 Å². The zero-order chi connectivity index (χ0) is 21.1. The summed E-state index contributed by atoms with van der Waals surface area (Å²) in [4.78, 5) is 38.5. The molecular formula is C22H33N3O3. The fraction of sp³-hybridized carbons (Fsp3) is 0.591. The van der Waals surface area contributed by atoms with E-state index in [4.69, 9.17) is 0 Å². The van der Waals surface area contributed by atoms with Crippen molar-refractivity contribution in [1.29, 1.82) is 0 Å². The first kappa shape index (κ1) is 21.9. The summed E-state index contributed by atoms with van der Waals surface area (Å²) >= 11 is 0. The van der Waals surface area contributed by atoms with Gasteiger partial charge < -0.3 is 15.5 Å². The molecule has 0 bridgehead atoms. The second kappa shape index (κ2) is 8.76. The van der Waals surface area contributed by atoms with Crippen molar-refractivity contribution >= 4 is 23.4 Å². The maximum Gasteiger partial charge on any atom is 0.255 e. The van der Waals surface area contributed by atoms with Gasteiger partial charge in [-0.05, 0) is 41.4 Å². The Labute approximate surface area is 168 Å². The fourth-order valence-electron chi connectivity index (χ4n) is 3.69. The zero-order valence-corrected chi connectivity index (χ0v) is 17.9. The first-order valence-electron chi connectivity index (χ1n) is 9.95. The van der Waals surface area contributed by atoms with E-state index in [0.29, 0.717) is 23.1 Å². The number of nitrogens with one attached hydrogen (secondary N) is 2. The number of hydrogen-bond donors (Lipinski definition) is 2. The molecule has 2 atom stereocenters. The number of anilines is 1. The standard InChI is InChI=1S/C22H33N3O3/c1-14-9-15(2)13-25(12-14)21(28)18-10-17(22(4,5)6)7-8-19(18)24-20(27)11-23-16(3)26/h7-8,10,14-15H,9,11-13H2,1-6H3,(H,23,26)(H,24,27)/t14-,15+. The van der Waals surface area contributed by atoms with Gasteiger partial charge in [0.1, 0.15) is 0 Å². The van der Waals surface area contributed by atoms with E-state index < -0.39 is 0 Å². The van der Waals surface area contributed by atoms with Gasteiger partial charge in [0, 0.05) is 20.0 Å². The van der Waals surface area contributed by atoms with Crippen LogP contribution < -0.4 is 10.6 Å². The van der Waals surface area contributed by atoms with Crippen molar-refractivity contribution in [2.75, 3.05) is 25.0 Å². The average Bonchev–Trinajstić information content (AvgIpc) is 2.58. The molecule has 0 aromatic heterocycles. The van der Waals surface area contributed by atoms with Crippen LogP contribution in [-0.2, 0) is 15.0 Å². The summed E-state index contributed by atoms with van der Waals surface area (Å²) < 4.78 is 0. The van der Waals surface area contributed by atoms with Gasteiger partial charge in [0.25, 0.3) is 5.91 Å². The monoisotopic (exact) mass is 387 g/mol. The van der Waals surface area contributed by atoms with Crippen molar-refractivity contribution in [3.63, 3.8) is 0 Å². The summed E-state index contributed by atoms with van der Waals surface area (Å²) in [6.07, 6.45) is 1.12. The number of benzene rings is 1. The van der Waals surface area contributed by atoms with Crippen LogP contribution in [0.4, 0.5) is 5.69 Å². The molecule has 154 valence electrons. The number of carbonyl (C=O) groups is 3. The SMILES string of the molecule is CC(=O)NCC(=O)Nc1ccc(C(C)(C)C)cc1C(=O)N1C[C@H](C)C[C@H](C)C1. The molecule has 0 radical (unpaired) electrons. The van der Waals surface area contributed by atoms with Gasteiger partial charge in [-0.3, -0.25) is 14.4 Å². The number of likely N-dealkylation sites (tertiary alicyclic amines) is 1. The Morgan fingerprint density at radius 2 is 1.71 bits per heavy atom. The molecule has 0 saturated carbocycles. The smallest absolute Gasteiger partial charge is 0.255 e. The number of carbonyl (C=O) groups excluding carboxylic acids is 3. The van der Waals surface area contributed by atoms with Gasteiger partial charge in [-0.2, -0.15) is 0 Å². The number of hydrogen-bond acceptors (Lipinski definition) is 3. The third-order valence-corrected chi connectivity index (χ3v) is 5.04. The number of nitrogens with zero attached hydrogens (tertiary/aromatic N) is 1. The van der Waals surface area contributed by atoms with E-state index in [9.17, 15) is 14.4 Å². The summed E-state index contributed by atoms with van der Waals surface area (Å²) in [5, 5.41) is 5.26. The summed E-state index contributed by atoms with van der Waals surface area (Å²) in [6.45, 7) is 13.3. The van der Waals surface area contributed by atoms with Crippen molar-refractivity contribution in [3.05, 3.63) is 29.3 Å². The van der Waals surface area contributed by atoms with Crippen molar-refractivity contribution in [2.45, 2.75) is 53.4 Å². The molecule has 0 unspecified atom stereocenters. The normalized spacial score (nSPS) is 19.9. The first-order valence-corrected chi connectivity index (χ1v) is 9.95. The van der Waals surface area contributed by atoms with Crippen LogP contribution in [0.3, 0.4) is 0 Å². The van der Waals surface area contributed by atoms with Gasteiger partial charge in [0.15, 0.2) is 0 Å². The van der Waals surface area contributed by atoms with Crippen molar-refractivity contribution in [2.24, 2.45) is 11.8 Å². The third-order valence-electron chi connectivity index (χ3n) is 5.04. The van der Waals surface area contributed by atoms with Crippen molar-refractivity contribution < 1.29 is 14.4 Å². The van der Waals surface area contributed by atoms with E-state index in [1.54, 1.807) is 6.07 Å². The number of amides is 3. The highest BCUT2D eigenvalue weighted by Crippen LogP contribution is 2.29. The lowest BCUT2D eigenvalue weighted by Gasteiger charge is -2.35. The fourth-order valence-corrected chi connectivity index (χ4v) is 3.69. The molecule has 2 N–H and O–H groups in total. The topological polar surface area (TPSA) is 78.5 Å². The molecular weight excluding hydrogens is 354 g/mol.